The van der Waals surface area contributed by atoms with Gasteiger partial charge in [-0.25, -0.2) is 4.39 Å². The van der Waals surface area contributed by atoms with Crippen LogP contribution in [0, 0.1) is 5.82 Å². The van der Waals surface area contributed by atoms with Crippen LogP contribution in [0.1, 0.15) is 15.9 Å². The van der Waals surface area contributed by atoms with Crippen molar-refractivity contribution in [2.45, 2.75) is 6.54 Å². The monoisotopic (exact) mass is 371 g/mol. The highest BCUT2D eigenvalue weighted by atomic mass is 79.9. The summed E-state index contributed by atoms with van der Waals surface area (Å²) in [5, 5.41) is 3.24. The lowest BCUT2D eigenvalue weighted by Gasteiger charge is -2.10. The third-order valence-electron chi connectivity index (χ3n) is 2.87. The Hall–Kier alpha value is -1.59. The van der Waals surface area contributed by atoms with Gasteiger partial charge in [0.15, 0.2) is 11.6 Å². The highest BCUT2D eigenvalue weighted by Crippen LogP contribution is 2.24. The van der Waals surface area contributed by atoms with Crippen LogP contribution in [0.15, 0.2) is 40.9 Å². The Morgan fingerprint density at radius 3 is 2.81 bits per heavy atom. The van der Waals surface area contributed by atoms with Crippen LogP contribution in [0.25, 0.3) is 0 Å². The smallest absolute Gasteiger partial charge is 0.251 e. The summed E-state index contributed by atoms with van der Waals surface area (Å²) in [4.78, 5) is 12.1. The van der Waals surface area contributed by atoms with E-state index < -0.39 is 5.82 Å². The Morgan fingerprint density at radius 2 is 2.14 bits per heavy atom. The molecule has 0 saturated carbocycles. The fourth-order valence-electron chi connectivity index (χ4n) is 1.84. The summed E-state index contributed by atoms with van der Waals surface area (Å²) in [6, 6.07) is 9.44. The normalized spacial score (nSPS) is 10.3. The number of carbonyl (C=O) groups excluding carboxylic acids is 1. The molecule has 0 atom stereocenters. The number of hydrogen-bond donors (Lipinski definition) is 1. The van der Waals surface area contributed by atoms with E-state index in [-0.39, 0.29) is 18.2 Å². The van der Waals surface area contributed by atoms with Gasteiger partial charge in [-0.15, -0.1) is 0 Å². The van der Waals surface area contributed by atoms with Gasteiger partial charge in [0.2, 0.25) is 0 Å². The quantitative estimate of drug-likeness (QED) is 0.874. The van der Waals surface area contributed by atoms with Crippen LogP contribution in [0.5, 0.6) is 5.75 Å². The maximum Gasteiger partial charge on any atom is 0.251 e. The van der Waals surface area contributed by atoms with E-state index >= 15 is 0 Å². The molecule has 110 valence electrons. The lowest BCUT2D eigenvalue weighted by Crippen LogP contribution is -2.23. The van der Waals surface area contributed by atoms with Crippen molar-refractivity contribution in [1.29, 1.82) is 0 Å². The number of carbonyl (C=O) groups is 1. The largest absolute Gasteiger partial charge is 0.493 e. The summed E-state index contributed by atoms with van der Waals surface area (Å²) in [6.45, 7) is 0.167. The Balaban J connectivity index is 2.11. The van der Waals surface area contributed by atoms with Gasteiger partial charge in [-0.3, -0.25) is 4.79 Å². The molecule has 1 N–H and O–H groups in total. The molecule has 2 rings (SSSR count). The maximum absolute atomic E-state index is 13.5. The second-order valence-corrected chi connectivity index (χ2v) is 5.51. The van der Waals surface area contributed by atoms with Crippen molar-refractivity contribution in [3.63, 3.8) is 0 Å². The summed E-state index contributed by atoms with van der Waals surface area (Å²) in [5.41, 5.74) is 1.03. The first-order valence-electron chi connectivity index (χ1n) is 6.07. The third kappa shape index (κ3) is 3.74. The molecule has 0 aliphatic carbocycles. The molecule has 0 aliphatic heterocycles. The van der Waals surface area contributed by atoms with E-state index in [0.29, 0.717) is 20.6 Å². The van der Waals surface area contributed by atoms with E-state index in [1.807, 2.05) is 0 Å². The fraction of sp³-hybridized carbons (Fsp3) is 0.133. The number of methoxy groups -OCH3 is 1. The zero-order valence-electron chi connectivity index (χ0n) is 11.1. The molecule has 6 heteroatoms. The molecule has 0 fully saturated rings. The predicted molar refractivity (Wildman–Crippen MR) is 83.3 cm³/mol. The van der Waals surface area contributed by atoms with Crippen LogP contribution in [0.3, 0.4) is 0 Å². The highest BCUT2D eigenvalue weighted by molar-refractivity contribution is 9.10. The molecular formula is C15H12BrClFNO2. The molecule has 21 heavy (non-hydrogen) atoms. The van der Waals surface area contributed by atoms with Gasteiger partial charge in [0, 0.05) is 22.1 Å². The van der Waals surface area contributed by atoms with Gasteiger partial charge in [0.05, 0.1) is 12.1 Å². The van der Waals surface area contributed by atoms with Gasteiger partial charge in [-0.05, 0) is 40.2 Å². The van der Waals surface area contributed by atoms with Gasteiger partial charge < -0.3 is 10.1 Å². The number of para-hydroxylation sites is 1. The number of amides is 1. The van der Waals surface area contributed by atoms with E-state index in [1.54, 1.807) is 30.3 Å². The lowest BCUT2D eigenvalue weighted by molar-refractivity contribution is 0.0950. The molecule has 0 radical (unpaired) electrons. The molecule has 0 aliphatic rings. The average molecular weight is 373 g/mol. The molecule has 2 aromatic carbocycles. The first kappa shape index (κ1) is 15.8. The summed E-state index contributed by atoms with van der Waals surface area (Å²) in [6.07, 6.45) is 0. The zero-order valence-corrected chi connectivity index (χ0v) is 13.5. The number of ether oxygens (including phenoxy) is 1. The van der Waals surface area contributed by atoms with Crippen molar-refractivity contribution in [1.82, 2.24) is 5.32 Å². The standard InChI is InChI=1S/C15H12BrClFNO2/c1-21-14-10(3-2-4-13(14)18)8-19-15(20)9-5-6-12(17)11(16)7-9/h2-7H,8H2,1H3,(H,19,20). The van der Waals surface area contributed by atoms with Crippen molar-refractivity contribution >= 4 is 33.4 Å². The molecule has 3 nitrogen and oxygen atoms in total. The molecule has 1 amide bonds. The number of nitrogens with one attached hydrogen (secondary N) is 1. The van der Waals surface area contributed by atoms with Gasteiger partial charge in [-0.2, -0.15) is 0 Å². The molecule has 0 aromatic heterocycles. The Kier molecular flexibility index (Phi) is 5.20. The molecule has 0 saturated heterocycles. The van der Waals surface area contributed by atoms with Crippen LogP contribution in [-0.2, 0) is 6.54 Å². The lowest BCUT2D eigenvalue weighted by atomic mass is 10.1. The van der Waals surface area contributed by atoms with E-state index in [9.17, 15) is 9.18 Å². The second kappa shape index (κ2) is 6.91. The van der Waals surface area contributed by atoms with Crippen molar-refractivity contribution in [3.8, 4) is 5.75 Å². The van der Waals surface area contributed by atoms with Gasteiger partial charge in [-0.1, -0.05) is 23.7 Å². The van der Waals surface area contributed by atoms with Crippen LogP contribution in [-0.4, -0.2) is 13.0 Å². The molecule has 2 aromatic rings. The number of benzene rings is 2. The fourth-order valence-corrected chi connectivity index (χ4v) is 2.33. The minimum absolute atomic E-state index is 0.134. The van der Waals surface area contributed by atoms with Gasteiger partial charge >= 0.3 is 0 Å². The van der Waals surface area contributed by atoms with E-state index in [4.69, 9.17) is 16.3 Å². The Bertz CT molecular complexity index is 679. The Labute approximate surface area is 135 Å². The third-order valence-corrected chi connectivity index (χ3v) is 4.09. The van der Waals surface area contributed by atoms with E-state index in [0.717, 1.165) is 0 Å². The molecule has 0 unspecified atom stereocenters. The highest BCUT2D eigenvalue weighted by Gasteiger charge is 2.11. The molecular weight excluding hydrogens is 361 g/mol. The maximum atomic E-state index is 13.5. The van der Waals surface area contributed by atoms with Crippen molar-refractivity contribution in [2.24, 2.45) is 0 Å². The summed E-state index contributed by atoms with van der Waals surface area (Å²) in [7, 11) is 1.39. The summed E-state index contributed by atoms with van der Waals surface area (Å²) in [5.74, 6) is -0.604. The van der Waals surface area contributed by atoms with Crippen molar-refractivity contribution in [2.75, 3.05) is 7.11 Å². The number of hydrogen-bond acceptors (Lipinski definition) is 2. The Morgan fingerprint density at radius 1 is 1.38 bits per heavy atom. The minimum Gasteiger partial charge on any atom is -0.493 e. The predicted octanol–water partition coefficient (Wildman–Crippen LogP) is 4.18. The first-order valence-corrected chi connectivity index (χ1v) is 7.24. The zero-order chi connectivity index (χ0) is 15.4. The number of halogens is 3. The minimum atomic E-state index is -0.460. The first-order chi connectivity index (χ1) is 10.0. The topological polar surface area (TPSA) is 38.3 Å². The van der Waals surface area contributed by atoms with Crippen LogP contribution < -0.4 is 10.1 Å². The average Bonchev–Trinajstić information content (AvgIpc) is 2.47. The SMILES string of the molecule is COc1c(F)cccc1CNC(=O)c1ccc(Cl)c(Br)c1. The van der Waals surface area contributed by atoms with Crippen LogP contribution in [0.2, 0.25) is 5.02 Å². The molecule has 0 bridgehead atoms. The molecule has 0 spiro atoms. The summed E-state index contributed by atoms with van der Waals surface area (Å²) < 4.78 is 19.2. The van der Waals surface area contributed by atoms with E-state index in [2.05, 4.69) is 21.2 Å². The van der Waals surface area contributed by atoms with Crippen molar-refractivity contribution in [3.05, 3.63) is 62.8 Å². The molecule has 0 heterocycles. The summed E-state index contributed by atoms with van der Waals surface area (Å²) >= 11 is 9.14. The second-order valence-electron chi connectivity index (χ2n) is 4.24. The van der Waals surface area contributed by atoms with Gasteiger partial charge in [0.1, 0.15) is 0 Å². The van der Waals surface area contributed by atoms with Gasteiger partial charge in [0.25, 0.3) is 5.91 Å². The van der Waals surface area contributed by atoms with Crippen molar-refractivity contribution < 1.29 is 13.9 Å². The van der Waals surface area contributed by atoms with Crippen LogP contribution in [0.4, 0.5) is 4.39 Å². The van der Waals surface area contributed by atoms with Crippen LogP contribution >= 0.6 is 27.5 Å². The number of rotatable bonds is 4. The van der Waals surface area contributed by atoms with E-state index in [1.165, 1.54) is 13.2 Å².